The molecule has 2 aromatic carbocycles. The Morgan fingerprint density at radius 2 is 1.67 bits per heavy atom. The zero-order chi connectivity index (χ0) is 22.5. The number of para-hydroxylation sites is 1. The number of benzene rings is 2. The molecule has 0 aliphatic heterocycles. The number of hydrogen-bond acceptors (Lipinski definition) is 5. The average molecular weight is 453 g/mol. The minimum absolute atomic E-state index is 0.00591. The number of esters is 1. The summed E-state index contributed by atoms with van der Waals surface area (Å²) in [5.74, 6) is -1.23. The Balaban J connectivity index is 2.22. The monoisotopic (exact) mass is 452 g/mol. The fourth-order valence-corrected chi connectivity index (χ4v) is 4.82. The smallest absolute Gasteiger partial charge is 0.338 e. The molecule has 0 aromatic heterocycles. The first-order valence-electron chi connectivity index (χ1n) is 9.46. The first-order chi connectivity index (χ1) is 14.1. The molecule has 0 radical (unpaired) electrons. The van der Waals surface area contributed by atoms with E-state index in [1.807, 2.05) is 6.07 Å². The minimum Gasteiger partial charge on any atom is -0.449 e. The number of carbonyl (C=O) groups is 2. The van der Waals surface area contributed by atoms with Gasteiger partial charge in [0.05, 0.1) is 10.6 Å². The van der Waals surface area contributed by atoms with Gasteiger partial charge in [-0.25, -0.2) is 13.2 Å². The highest BCUT2D eigenvalue weighted by molar-refractivity contribution is 7.89. The van der Waals surface area contributed by atoms with Gasteiger partial charge in [-0.2, -0.15) is 4.31 Å². The van der Waals surface area contributed by atoms with Crippen molar-refractivity contribution < 1.29 is 22.7 Å². The first kappa shape index (κ1) is 23.9. The predicted molar refractivity (Wildman–Crippen MR) is 116 cm³/mol. The minimum atomic E-state index is -3.86. The van der Waals surface area contributed by atoms with Crippen LogP contribution < -0.4 is 4.90 Å². The predicted octanol–water partition coefficient (Wildman–Crippen LogP) is 3.58. The number of anilines is 1. The van der Waals surface area contributed by atoms with Crippen LogP contribution in [-0.4, -0.2) is 50.8 Å². The van der Waals surface area contributed by atoms with Crippen molar-refractivity contribution in [1.82, 2.24) is 4.31 Å². The Labute approximate surface area is 182 Å². The fourth-order valence-electron chi connectivity index (χ4n) is 2.86. The molecular weight excluding hydrogens is 428 g/mol. The van der Waals surface area contributed by atoms with Gasteiger partial charge in [0.15, 0.2) is 6.10 Å². The highest BCUT2D eigenvalue weighted by Gasteiger charge is 2.27. The molecule has 0 saturated heterocycles. The standard InChI is InChI=1S/C21H25ClN2O5S/c1-5-24(6-2)30(27,28)19-14-16(12-13-18(19)22)21(26)29-15(3)20(25)23(4)17-10-8-7-9-11-17/h7-15H,5-6H2,1-4H3/t15-/m0/s1. The van der Waals surface area contributed by atoms with Crippen LogP contribution in [-0.2, 0) is 19.6 Å². The van der Waals surface area contributed by atoms with Crippen LogP contribution in [0.5, 0.6) is 0 Å². The molecule has 1 amide bonds. The van der Waals surface area contributed by atoms with Crippen LogP contribution in [0.3, 0.4) is 0 Å². The zero-order valence-electron chi connectivity index (χ0n) is 17.3. The highest BCUT2D eigenvalue weighted by Crippen LogP contribution is 2.26. The fraction of sp³-hybridized carbons (Fsp3) is 0.333. The van der Waals surface area contributed by atoms with Crippen molar-refractivity contribution in [3.05, 3.63) is 59.1 Å². The number of hydrogen-bond donors (Lipinski definition) is 0. The molecule has 0 fully saturated rings. The Morgan fingerprint density at radius 1 is 1.07 bits per heavy atom. The lowest BCUT2D eigenvalue weighted by Gasteiger charge is -2.22. The van der Waals surface area contributed by atoms with Crippen molar-refractivity contribution >= 4 is 39.2 Å². The number of ether oxygens (including phenoxy) is 1. The number of nitrogens with zero attached hydrogens (tertiary/aromatic N) is 2. The maximum Gasteiger partial charge on any atom is 0.338 e. The quantitative estimate of drug-likeness (QED) is 0.571. The zero-order valence-corrected chi connectivity index (χ0v) is 18.9. The maximum atomic E-state index is 12.8. The maximum absolute atomic E-state index is 12.8. The van der Waals surface area contributed by atoms with Gasteiger partial charge in [-0.3, -0.25) is 4.79 Å². The lowest BCUT2D eigenvalue weighted by molar-refractivity contribution is -0.126. The summed E-state index contributed by atoms with van der Waals surface area (Å²) in [4.78, 5) is 26.4. The molecule has 0 saturated carbocycles. The van der Waals surface area contributed by atoms with Crippen molar-refractivity contribution in [1.29, 1.82) is 0 Å². The molecular formula is C21H25ClN2O5S. The average Bonchev–Trinajstić information content (AvgIpc) is 2.73. The molecule has 0 spiro atoms. The number of amides is 1. The van der Waals surface area contributed by atoms with Crippen LogP contribution in [0.4, 0.5) is 5.69 Å². The molecule has 2 aromatic rings. The summed E-state index contributed by atoms with van der Waals surface area (Å²) in [7, 11) is -2.28. The van der Waals surface area contributed by atoms with E-state index in [4.69, 9.17) is 16.3 Å². The third-order valence-corrected chi connectivity index (χ3v) is 7.13. The Morgan fingerprint density at radius 3 is 2.23 bits per heavy atom. The van der Waals surface area contributed by atoms with Crippen LogP contribution in [0.1, 0.15) is 31.1 Å². The lowest BCUT2D eigenvalue weighted by atomic mass is 10.2. The van der Waals surface area contributed by atoms with Gasteiger partial charge in [-0.1, -0.05) is 43.6 Å². The normalized spacial score (nSPS) is 12.5. The molecule has 0 aliphatic rings. The van der Waals surface area contributed by atoms with Crippen LogP contribution in [0, 0.1) is 0 Å². The molecule has 30 heavy (non-hydrogen) atoms. The van der Waals surface area contributed by atoms with Gasteiger partial charge < -0.3 is 9.64 Å². The van der Waals surface area contributed by atoms with Crippen molar-refractivity contribution in [3.8, 4) is 0 Å². The summed E-state index contributed by atoms with van der Waals surface area (Å²) in [6.45, 7) is 5.42. The molecule has 0 bridgehead atoms. The van der Waals surface area contributed by atoms with Gasteiger partial charge in [-0.15, -0.1) is 0 Å². The molecule has 0 heterocycles. The molecule has 1 atom stereocenters. The van der Waals surface area contributed by atoms with E-state index < -0.39 is 28.0 Å². The van der Waals surface area contributed by atoms with E-state index in [0.717, 1.165) is 0 Å². The van der Waals surface area contributed by atoms with Gasteiger partial charge >= 0.3 is 5.97 Å². The third kappa shape index (κ3) is 5.19. The second-order valence-corrected chi connectivity index (χ2v) is 8.83. The van der Waals surface area contributed by atoms with E-state index in [1.165, 1.54) is 34.3 Å². The number of carbonyl (C=O) groups excluding carboxylic acids is 2. The highest BCUT2D eigenvalue weighted by atomic mass is 35.5. The number of rotatable bonds is 8. The lowest BCUT2D eigenvalue weighted by Crippen LogP contribution is -2.37. The van der Waals surface area contributed by atoms with Crippen molar-refractivity contribution in [3.63, 3.8) is 0 Å². The van der Waals surface area contributed by atoms with E-state index in [0.29, 0.717) is 5.69 Å². The first-order valence-corrected chi connectivity index (χ1v) is 11.3. The molecule has 0 unspecified atom stereocenters. The second-order valence-electron chi connectivity index (χ2n) is 6.51. The molecule has 2 rings (SSSR count). The number of likely N-dealkylation sites (N-methyl/N-ethyl adjacent to an activating group) is 1. The van der Waals surface area contributed by atoms with Gasteiger partial charge in [0.1, 0.15) is 4.90 Å². The summed E-state index contributed by atoms with van der Waals surface area (Å²) in [5.41, 5.74) is 0.650. The Bertz CT molecular complexity index is 1010. The summed E-state index contributed by atoms with van der Waals surface area (Å²) in [5, 5.41) is 0.00591. The van der Waals surface area contributed by atoms with Crippen molar-refractivity contribution in [2.75, 3.05) is 25.0 Å². The largest absolute Gasteiger partial charge is 0.449 e. The van der Waals surface area contributed by atoms with Gasteiger partial charge in [0.2, 0.25) is 10.0 Å². The number of halogens is 1. The second kappa shape index (κ2) is 10.1. The SMILES string of the molecule is CCN(CC)S(=O)(=O)c1cc(C(=O)O[C@@H](C)C(=O)N(C)c2ccccc2)ccc1Cl. The van der Waals surface area contributed by atoms with Crippen LogP contribution >= 0.6 is 11.6 Å². The van der Waals surface area contributed by atoms with Crippen LogP contribution in [0.15, 0.2) is 53.4 Å². The van der Waals surface area contributed by atoms with Crippen LogP contribution in [0.2, 0.25) is 5.02 Å². The van der Waals surface area contributed by atoms with E-state index in [-0.39, 0.29) is 28.6 Å². The summed E-state index contributed by atoms with van der Waals surface area (Å²) in [6.07, 6.45) is -1.07. The molecule has 0 N–H and O–H groups in total. The van der Waals surface area contributed by atoms with E-state index in [1.54, 1.807) is 45.2 Å². The molecule has 9 heteroatoms. The molecule has 7 nitrogen and oxygen atoms in total. The number of sulfonamides is 1. The summed E-state index contributed by atoms with van der Waals surface area (Å²) < 4.78 is 32.1. The third-order valence-electron chi connectivity index (χ3n) is 4.60. The van der Waals surface area contributed by atoms with Crippen molar-refractivity contribution in [2.45, 2.75) is 31.8 Å². The van der Waals surface area contributed by atoms with Gasteiger partial charge in [0, 0.05) is 25.8 Å². The van der Waals surface area contributed by atoms with Crippen molar-refractivity contribution in [2.24, 2.45) is 0 Å². The van der Waals surface area contributed by atoms with Crippen LogP contribution in [0.25, 0.3) is 0 Å². The van der Waals surface area contributed by atoms with E-state index in [2.05, 4.69) is 0 Å². The summed E-state index contributed by atoms with van der Waals surface area (Å²) >= 11 is 6.09. The summed E-state index contributed by atoms with van der Waals surface area (Å²) in [6, 6.07) is 12.8. The topological polar surface area (TPSA) is 84.0 Å². The Kier molecular flexibility index (Phi) is 8.00. The molecule has 162 valence electrons. The van der Waals surface area contributed by atoms with E-state index >= 15 is 0 Å². The van der Waals surface area contributed by atoms with Gasteiger partial charge in [-0.05, 0) is 37.3 Å². The molecule has 0 aliphatic carbocycles. The van der Waals surface area contributed by atoms with Gasteiger partial charge in [0.25, 0.3) is 5.91 Å². The van der Waals surface area contributed by atoms with E-state index in [9.17, 15) is 18.0 Å². The Hall–Kier alpha value is -2.42.